The molecule has 0 aromatic carbocycles. The van der Waals surface area contributed by atoms with Crippen LogP contribution in [0.15, 0.2) is 6.33 Å². The minimum atomic E-state index is 0.167. The first-order valence-electron chi connectivity index (χ1n) is 6.19. The molecule has 0 saturated carbocycles. The molecule has 0 radical (unpaired) electrons. The van der Waals surface area contributed by atoms with Gasteiger partial charge in [-0.15, -0.1) is 22.9 Å². The minimum Gasteiger partial charge on any atom is -0.383 e. The zero-order chi connectivity index (χ0) is 13.8. The average Bonchev–Trinajstić information content (AvgIpc) is 2.67. The van der Waals surface area contributed by atoms with Gasteiger partial charge in [-0.2, -0.15) is 0 Å². The van der Waals surface area contributed by atoms with E-state index in [-0.39, 0.29) is 6.04 Å². The lowest BCUT2D eigenvalue weighted by atomic mass is 10.2. The molecule has 0 bridgehead atoms. The van der Waals surface area contributed by atoms with Gasteiger partial charge in [-0.05, 0) is 25.8 Å². The van der Waals surface area contributed by atoms with Crippen LogP contribution >= 0.6 is 22.9 Å². The summed E-state index contributed by atoms with van der Waals surface area (Å²) in [7, 11) is 1.69. The summed E-state index contributed by atoms with van der Waals surface area (Å²) in [6.45, 7) is 4.83. The second-order valence-corrected chi connectivity index (χ2v) is 6.04. The highest BCUT2D eigenvalue weighted by molar-refractivity contribution is 7.18. The largest absolute Gasteiger partial charge is 0.383 e. The molecule has 6 heteroatoms. The third-order valence-corrected chi connectivity index (χ3v) is 4.47. The number of methoxy groups -OCH3 is 1. The van der Waals surface area contributed by atoms with Crippen molar-refractivity contribution in [3.8, 4) is 0 Å². The number of fused-ring (bicyclic) bond motifs is 1. The van der Waals surface area contributed by atoms with Crippen molar-refractivity contribution in [2.75, 3.05) is 24.9 Å². The average molecular weight is 300 g/mol. The van der Waals surface area contributed by atoms with Gasteiger partial charge in [-0.3, -0.25) is 0 Å². The van der Waals surface area contributed by atoms with Crippen molar-refractivity contribution in [3.05, 3.63) is 16.8 Å². The van der Waals surface area contributed by atoms with Crippen LogP contribution in [0.3, 0.4) is 0 Å². The normalized spacial score (nSPS) is 12.8. The highest BCUT2D eigenvalue weighted by atomic mass is 35.5. The molecule has 2 aromatic heterocycles. The molecule has 2 rings (SSSR count). The number of aryl methyl sites for hydroxylation is 2. The van der Waals surface area contributed by atoms with Gasteiger partial charge in [0.1, 0.15) is 17.0 Å². The zero-order valence-electron chi connectivity index (χ0n) is 11.4. The lowest BCUT2D eigenvalue weighted by Crippen LogP contribution is -2.26. The minimum absolute atomic E-state index is 0.167. The maximum Gasteiger partial charge on any atom is 0.138 e. The quantitative estimate of drug-likeness (QED) is 0.831. The molecule has 0 spiro atoms. The maximum atomic E-state index is 5.83. The third kappa shape index (κ3) is 3.16. The van der Waals surface area contributed by atoms with E-state index < -0.39 is 0 Å². The molecule has 0 fully saturated rings. The van der Waals surface area contributed by atoms with Crippen LogP contribution in [0.25, 0.3) is 10.2 Å². The van der Waals surface area contributed by atoms with Crippen LogP contribution in [0.4, 0.5) is 5.82 Å². The van der Waals surface area contributed by atoms with Crippen molar-refractivity contribution in [1.82, 2.24) is 9.97 Å². The standard InChI is InChI=1S/C13H18ClN3OS/c1-8-9(2)19-13-11(8)12(15-7-16-13)17-10(4-5-14)6-18-3/h7,10H,4-6H2,1-3H3,(H,15,16,17). The number of nitrogens with one attached hydrogen (secondary N) is 1. The smallest absolute Gasteiger partial charge is 0.138 e. The summed E-state index contributed by atoms with van der Waals surface area (Å²) >= 11 is 7.52. The van der Waals surface area contributed by atoms with Crippen molar-refractivity contribution in [2.24, 2.45) is 0 Å². The SMILES string of the molecule is COCC(CCCl)Nc1ncnc2sc(C)c(C)c12. The van der Waals surface area contributed by atoms with E-state index in [4.69, 9.17) is 16.3 Å². The monoisotopic (exact) mass is 299 g/mol. The first-order chi connectivity index (χ1) is 9.17. The Morgan fingerprint density at radius 2 is 2.21 bits per heavy atom. The fourth-order valence-electron chi connectivity index (χ4n) is 2.02. The number of halogens is 1. The summed E-state index contributed by atoms with van der Waals surface area (Å²) < 4.78 is 5.21. The van der Waals surface area contributed by atoms with E-state index in [0.29, 0.717) is 12.5 Å². The molecule has 1 unspecified atom stereocenters. The Balaban J connectivity index is 2.33. The molecule has 1 atom stereocenters. The predicted octanol–water partition coefficient (Wildman–Crippen LogP) is 3.36. The van der Waals surface area contributed by atoms with E-state index in [1.165, 1.54) is 10.4 Å². The topological polar surface area (TPSA) is 47.0 Å². The van der Waals surface area contributed by atoms with Gasteiger partial charge in [-0.1, -0.05) is 0 Å². The van der Waals surface area contributed by atoms with E-state index >= 15 is 0 Å². The molecule has 0 aliphatic rings. The summed E-state index contributed by atoms with van der Waals surface area (Å²) in [5.74, 6) is 1.47. The molecule has 0 saturated heterocycles. The van der Waals surface area contributed by atoms with Gasteiger partial charge in [0.05, 0.1) is 18.0 Å². The van der Waals surface area contributed by atoms with Crippen molar-refractivity contribution in [2.45, 2.75) is 26.3 Å². The third-order valence-electron chi connectivity index (χ3n) is 3.13. The van der Waals surface area contributed by atoms with Gasteiger partial charge >= 0.3 is 0 Å². The van der Waals surface area contributed by atoms with Crippen LogP contribution in [0, 0.1) is 13.8 Å². The predicted molar refractivity (Wildman–Crippen MR) is 81.5 cm³/mol. The Morgan fingerprint density at radius 1 is 1.42 bits per heavy atom. The maximum absolute atomic E-state index is 5.83. The van der Waals surface area contributed by atoms with E-state index in [1.807, 2.05) is 0 Å². The molecular formula is C13H18ClN3OS. The molecule has 4 nitrogen and oxygen atoms in total. The van der Waals surface area contributed by atoms with Gasteiger partial charge in [0.25, 0.3) is 0 Å². The van der Waals surface area contributed by atoms with Crippen LogP contribution in [-0.2, 0) is 4.74 Å². The first-order valence-corrected chi connectivity index (χ1v) is 7.54. The number of ether oxygens (including phenoxy) is 1. The number of hydrogen-bond donors (Lipinski definition) is 1. The molecule has 0 aliphatic heterocycles. The molecule has 0 aliphatic carbocycles. The molecule has 19 heavy (non-hydrogen) atoms. The lowest BCUT2D eigenvalue weighted by molar-refractivity contribution is 0.184. The van der Waals surface area contributed by atoms with Crippen molar-refractivity contribution >= 4 is 39.0 Å². The highest BCUT2D eigenvalue weighted by Crippen LogP contribution is 2.32. The lowest BCUT2D eigenvalue weighted by Gasteiger charge is -2.18. The Kier molecular flexibility index (Phi) is 4.96. The van der Waals surface area contributed by atoms with E-state index in [9.17, 15) is 0 Å². The number of alkyl halides is 1. The number of nitrogens with zero attached hydrogens (tertiary/aromatic N) is 2. The van der Waals surface area contributed by atoms with E-state index in [1.54, 1.807) is 24.8 Å². The number of thiophene rings is 1. The summed E-state index contributed by atoms with van der Waals surface area (Å²) in [5.41, 5.74) is 1.24. The fourth-order valence-corrected chi connectivity index (χ4v) is 3.28. The molecule has 104 valence electrons. The Morgan fingerprint density at radius 3 is 2.89 bits per heavy atom. The van der Waals surface area contributed by atoms with Crippen molar-refractivity contribution < 1.29 is 4.74 Å². The van der Waals surface area contributed by atoms with Gasteiger partial charge in [0, 0.05) is 17.9 Å². The van der Waals surface area contributed by atoms with E-state index in [2.05, 4.69) is 29.1 Å². The fraction of sp³-hybridized carbons (Fsp3) is 0.538. The molecule has 2 aromatic rings. The van der Waals surface area contributed by atoms with Crippen LogP contribution in [-0.4, -0.2) is 35.6 Å². The van der Waals surface area contributed by atoms with Crippen molar-refractivity contribution in [3.63, 3.8) is 0 Å². The van der Waals surface area contributed by atoms with Gasteiger partial charge < -0.3 is 10.1 Å². The van der Waals surface area contributed by atoms with Crippen LogP contribution in [0.5, 0.6) is 0 Å². The van der Waals surface area contributed by atoms with Crippen LogP contribution in [0.1, 0.15) is 16.9 Å². The second-order valence-electron chi connectivity index (χ2n) is 4.46. The molecular weight excluding hydrogens is 282 g/mol. The molecule has 2 heterocycles. The summed E-state index contributed by atoms with van der Waals surface area (Å²) in [6.07, 6.45) is 2.44. The highest BCUT2D eigenvalue weighted by Gasteiger charge is 2.15. The van der Waals surface area contributed by atoms with Crippen LogP contribution in [0.2, 0.25) is 0 Å². The van der Waals surface area contributed by atoms with E-state index in [0.717, 1.165) is 22.5 Å². The van der Waals surface area contributed by atoms with Gasteiger partial charge in [0.2, 0.25) is 0 Å². The molecule has 0 amide bonds. The number of rotatable bonds is 6. The second kappa shape index (κ2) is 6.50. The summed E-state index contributed by atoms with van der Waals surface area (Å²) in [6, 6.07) is 0.167. The Bertz CT molecular complexity index is 552. The molecule has 1 N–H and O–H groups in total. The Labute approximate surface area is 122 Å². The van der Waals surface area contributed by atoms with Gasteiger partial charge in [0.15, 0.2) is 0 Å². The summed E-state index contributed by atoms with van der Waals surface area (Å²) in [5, 5.41) is 4.54. The number of aromatic nitrogens is 2. The number of hydrogen-bond acceptors (Lipinski definition) is 5. The van der Waals surface area contributed by atoms with Crippen LogP contribution < -0.4 is 5.32 Å². The zero-order valence-corrected chi connectivity index (χ0v) is 12.9. The first kappa shape index (κ1) is 14.5. The number of anilines is 1. The van der Waals surface area contributed by atoms with Gasteiger partial charge in [-0.25, -0.2) is 9.97 Å². The summed E-state index contributed by atoms with van der Waals surface area (Å²) in [4.78, 5) is 11.0. The van der Waals surface area contributed by atoms with Crippen molar-refractivity contribution in [1.29, 1.82) is 0 Å². The Hall–Kier alpha value is -0.910.